The molecule has 0 spiro atoms. The maximum absolute atomic E-state index is 13.3. The third-order valence-corrected chi connectivity index (χ3v) is 6.01. The summed E-state index contributed by atoms with van der Waals surface area (Å²) in [6, 6.07) is 6.32. The lowest BCUT2D eigenvalue weighted by Crippen LogP contribution is -2.10. The van der Waals surface area contributed by atoms with E-state index in [9.17, 15) is 4.39 Å². The number of halogens is 4. The second-order valence-corrected chi connectivity index (χ2v) is 7.62. The van der Waals surface area contributed by atoms with Crippen LogP contribution < -0.4 is 5.73 Å². The van der Waals surface area contributed by atoms with Gasteiger partial charge in [0.1, 0.15) is 5.82 Å². The van der Waals surface area contributed by atoms with Crippen molar-refractivity contribution in [1.82, 2.24) is 0 Å². The normalized spacial score (nSPS) is 12.8. The molecule has 0 radical (unpaired) electrons. The lowest BCUT2D eigenvalue weighted by atomic mass is 10.1. The van der Waals surface area contributed by atoms with E-state index < -0.39 is 0 Å². The van der Waals surface area contributed by atoms with Gasteiger partial charge in [-0.3, -0.25) is 0 Å². The molecule has 1 aromatic carbocycles. The van der Waals surface area contributed by atoms with Crippen LogP contribution >= 0.6 is 59.1 Å². The van der Waals surface area contributed by atoms with Gasteiger partial charge in [-0.25, -0.2) is 4.39 Å². The van der Waals surface area contributed by atoms with Crippen molar-refractivity contribution in [3.8, 4) is 0 Å². The summed E-state index contributed by atoms with van der Waals surface area (Å²) in [6.07, 6.45) is 0. The number of nitrogens with two attached hydrogens (primary N) is 1. The van der Waals surface area contributed by atoms with Crippen molar-refractivity contribution in [3.05, 3.63) is 53.3 Å². The Morgan fingerprint density at radius 3 is 2.35 bits per heavy atom. The largest absolute Gasteiger partial charge is 0.320 e. The average Bonchev–Trinajstić information content (AvgIpc) is 2.57. The molecule has 0 amide bonds. The minimum absolute atomic E-state index is 0.292. The molecule has 1 unspecified atom stereocenters. The van der Waals surface area contributed by atoms with Crippen molar-refractivity contribution < 1.29 is 4.39 Å². The van der Waals surface area contributed by atoms with Gasteiger partial charge >= 0.3 is 0 Å². The summed E-state index contributed by atoms with van der Waals surface area (Å²) in [4.78, 5) is 0.973. The fourth-order valence-electron chi connectivity index (χ4n) is 1.44. The third-order valence-electron chi connectivity index (χ3n) is 2.21. The van der Waals surface area contributed by atoms with Crippen molar-refractivity contribution in [2.45, 2.75) is 6.04 Å². The topological polar surface area (TPSA) is 26.0 Å². The van der Waals surface area contributed by atoms with Crippen molar-refractivity contribution >= 4 is 59.1 Å². The van der Waals surface area contributed by atoms with Gasteiger partial charge in [0.2, 0.25) is 0 Å². The molecule has 1 atom stereocenters. The fraction of sp³-hybridized carbons (Fsp3) is 0.0909. The molecule has 0 aliphatic rings. The Hall–Kier alpha value is 0.250. The molecule has 1 nitrogen and oxygen atoms in total. The highest BCUT2D eigenvalue weighted by molar-refractivity contribution is 9.13. The minimum Gasteiger partial charge on any atom is -0.320 e. The molecule has 0 saturated carbocycles. The zero-order valence-electron chi connectivity index (χ0n) is 8.38. The average molecular weight is 444 g/mol. The molecule has 0 bridgehead atoms. The van der Waals surface area contributed by atoms with E-state index in [4.69, 9.17) is 5.73 Å². The van der Waals surface area contributed by atoms with Crippen LogP contribution in [0.4, 0.5) is 4.39 Å². The van der Waals surface area contributed by atoms with Crippen molar-refractivity contribution in [2.24, 2.45) is 5.73 Å². The van der Waals surface area contributed by atoms with E-state index in [-0.39, 0.29) is 11.9 Å². The van der Waals surface area contributed by atoms with Crippen LogP contribution in [-0.2, 0) is 0 Å². The molecule has 2 rings (SSSR count). The Kier molecular flexibility index (Phi) is 4.41. The summed E-state index contributed by atoms with van der Waals surface area (Å²) in [6.45, 7) is 0. The second kappa shape index (κ2) is 5.48. The number of benzene rings is 1. The lowest BCUT2D eigenvalue weighted by Gasteiger charge is -2.10. The summed E-state index contributed by atoms with van der Waals surface area (Å²) < 4.78 is 15.9. The van der Waals surface area contributed by atoms with E-state index in [1.54, 1.807) is 0 Å². The van der Waals surface area contributed by atoms with Crippen LogP contribution in [0.25, 0.3) is 0 Å². The zero-order chi connectivity index (χ0) is 12.6. The molecule has 1 aromatic heterocycles. The second-order valence-electron chi connectivity index (χ2n) is 3.45. The van der Waals surface area contributed by atoms with E-state index >= 15 is 0 Å². The Balaban J connectivity index is 2.39. The van der Waals surface area contributed by atoms with Crippen LogP contribution in [0.3, 0.4) is 0 Å². The van der Waals surface area contributed by atoms with E-state index in [1.807, 2.05) is 12.1 Å². The first-order valence-corrected chi connectivity index (χ1v) is 7.83. The van der Waals surface area contributed by atoms with Gasteiger partial charge in [-0.1, -0.05) is 15.9 Å². The SMILES string of the molecule is NC(c1cc(F)cc(Br)c1)c1cc(Br)c(Br)s1. The van der Waals surface area contributed by atoms with E-state index in [0.29, 0.717) is 4.47 Å². The number of thiophene rings is 1. The Morgan fingerprint density at radius 1 is 1.12 bits per heavy atom. The molecular weight excluding hydrogens is 437 g/mol. The summed E-state index contributed by atoms with van der Waals surface area (Å²) in [5.74, 6) is -0.292. The van der Waals surface area contributed by atoms with Crippen LogP contribution in [0, 0.1) is 5.82 Å². The van der Waals surface area contributed by atoms with Crippen LogP contribution in [0.2, 0.25) is 0 Å². The van der Waals surface area contributed by atoms with Crippen molar-refractivity contribution in [3.63, 3.8) is 0 Å². The Morgan fingerprint density at radius 2 is 1.82 bits per heavy atom. The van der Waals surface area contributed by atoms with Crippen LogP contribution in [0.5, 0.6) is 0 Å². The maximum Gasteiger partial charge on any atom is 0.124 e. The quantitative estimate of drug-likeness (QED) is 0.676. The summed E-state index contributed by atoms with van der Waals surface area (Å²) in [7, 11) is 0. The highest BCUT2D eigenvalue weighted by atomic mass is 79.9. The van der Waals surface area contributed by atoms with Crippen LogP contribution in [0.15, 0.2) is 37.0 Å². The van der Waals surface area contributed by atoms with E-state index in [2.05, 4.69) is 47.8 Å². The van der Waals surface area contributed by atoms with Gasteiger partial charge in [-0.15, -0.1) is 11.3 Å². The Labute approximate surface area is 128 Å². The monoisotopic (exact) mass is 441 g/mol. The van der Waals surface area contributed by atoms with Gasteiger partial charge in [0.25, 0.3) is 0 Å². The van der Waals surface area contributed by atoms with Gasteiger partial charge in [0, 0.05) is 13.8 Å². The lowest BCUT2D eigenvalue weighted by molar-refractivity contribution is 0.623. The first-order chi connectivity index (χ1) is 7.97. The molecule has 0 fully saturated rings. The first kappa shape index (κ1) is 13.7. The molecule has 0 aliphatic carbocycles. The molecule has 6 heteroatoms. The molecule has 2 N–H and O–H groups in total. The van der Waals surface area contributed by atoms with E-state index in [1.165, 1.54) is 23.5 Å². The molecular formula is C11H7Br3FNS. The predicted octanol–water partition coefficient (Wildman–Crippen LogP) is 5.22. The maximum atomic E-state index is 13.3. The van der Waals surface area contributed by atoms with Gasteiger partial charge in [0.05, 0.1) is 9.83 Å². The zero-order valence-corrected chi connectivity index (χ0v) is 14.0. The summed E-state index contributed by atoms with van der Waals surface area (Å²) in [5, 5.41) is 0. The molecule has 1 heterocycles. The van der Waals surface area contributed by atoms with Crippen molar-refractivity contribution in [1.29, 1.82) is 0 Å². The molecule has 90 valence electrons. The molecule has 0 aliphatic heterocycles. The van der Waals surface area contributed by atoms with Gasteiger partial charge in [-0.05, 0) is 61.7 Å². The van der Waals surface area contributed by atoms with Gasteiger partial charge < -0.3 is 5.73 Å². The summed E-state index contributed by atoms with van der Waals surface area (Å²) >= 11 is 11.6. The Bertz CT molecular complexity index is 516. The highest BCUT2D eigenvalue weighted by Gasteiger charge is 2.15. The fourth-order valence-corrected chi connectivity index (χ4v) is 4.04. The summed E-state index contributed by atoms with van der Waals surface area (Å²) in [5.41, 5.74) is 6.87. The standard InChI is InChI=1S/C11H7Br3FNS/c12-6-1-5(2-7(15)3-6)10(16)9-4-8(13)11(14)17-9/h1-4,10H,16H2. The first-order valence-electron chi connectivity index (χ1n) is 4.63. The van der Waals surface area contributed by atoms with Gasteiger partial charge in [-0.2, -0.15) is 0 Å². The molecule has 0 saturated heterocycles. The molecule has 2 aromatic rings. The number of hydrogen-bond acceptors (Lipinski definition) is 2. The molecule has 17 heavy (non-hydrogen) atoms. The van der Waals surface area contributed by atoms with Crippen LogP contribution in [0.1, 0.15) is 16.5 Å². The number of rotatable bonds is 2. The minimum atomic E-state index is -0.324. The number of hydrogen-bond donors (Lipinski definition) is 1. The smallest absolute Gasteiger partial charge is 0.124 e. The van der Waals surface area contributed by atoms with E-state index in [0.717, 1.165) is 18.7 Å². The third kappa shape index (κ3) is 3.17. The van der Waals surface area contributed by atoms with Crippen LogP contribution in [-0.4, -0.2) is 0 Å². The predicted molar refractivity (Wildman–Crippen MR) is 79.8 cm³/mol. The highest BCUT2D eigenvalue weighted by Crippen LogP contribution is 2.37. The van der Waals surface area contributed by atoms with Crippen molar-refractivity contribution in [2.75, 3.05) is 0 Å². The van der Waals surface area contributed by atoms with Gasteiger partial charge in [0.15, 0.2) is 0 Å².